The van der Waals surface area contributed by atoms with Crippen molar-refractivity contribution >= 4 is 28.7 Å². The number of imidazole rings is 1. The highest BCUT2D eigenvalue weighted by atomic mass is 35.5. The second-order valence-corrected chi connectivity index (χ2v) is 6.81. The fourth-order valence-corrected chi connectivity index (χ4v) is 3.03. The molecule has 0 aliphatic rings. The molecule has 3 aromatic rings. The SMILES string of the molecule is CCNc1nc2c(c(=O)n(C)c(=O)n2C)n1C[C@H](O)COc1ccc(Cl)cc1. The number of aryl methyl sites for hydroxylation is 1. The van der Waals surface area contributed by atoms with E-state index in [4.69, 9.17) is 16.3 Å². The number of rotatable bonds is 7. The third kappa shape index (κ3) is 3.76. The molecule has 0 saturated heterocycles. The highest BCUT2D eigenvalue weighted by Gasteiger charge is 2.21. The number of anilines is 1. The molecule has 1 atom stereocenters. The summed E-state index contributed by atoms with van der Waals surface area (Å²) in [5.74, 6) is 0.977. The lowest BCUT2D eigenvalue weighted by Gasteiger charge is -2.16. The fraction of sp³-hybridized carbons (Fsp3) is 0.389. The zero-order chi connectivity index (χ0) is 20.4. The van der Waals surface area contributed by atoms with Gasteiger partial charge in [-0.05, 0) is 31.2 Å². The van der Waals surface area contributed by atoms with E-state index in [9.17, 15) is 14.7 Å². The molecule has 2 heterocycles. The normalized spacial score (nSPS) is 12.3. The Bertz CT molecular complexity index is 1100. The van der Waals surface area contributed by atoms with E-state index < -0.39 is 17.4 Å². The standard InChI is InChI=1S/C18H22ClN5O4/c1-4-20-17-21-15-14(16(26)23(3)18(27)22(15)2)24(17)9-12(25)10-28-13-7-5-11(19)6-8-13/h5-8,12,25H,4,9-10H2,1-3H3,(H,20,21)/t12-/m0/s1. The predicted octanol–water partition coefficient (Wildman–Crippen LogP) is 0.959. The van der Waals surface area contributed by atoms with E-state index in [1.807, 2.05) is 6.92 Å². The van der Waals surface area contributed by atoms with Crippen LogP contribution in [0.3, 0.4) is 0 Å². The Morgan fingerprint density at radius 1 is 1.21 bits per heavy atom. The number of benzene rings is 1. The van der Waals surface area contributed by atoms with Crippen molar-refractivity contribution in [3.05, 3.63) is 50.1 Å². The Morgan fingerprint density at radius 3 is 2.54 bits per heavy atom. The van der Waals surface area contributed by atoms with E-state index in [1.165, 1.54) is 11.6 Å². The van der Waals surface area contributed by atoms with Crippen molar-refractivity contribution in [2.24, 2.45) is 14.1 Å². The van der Waals surface area contributed by atoms with Gasteiger partial charge in [-0.1, -0.05) is 11.6 Å². The van der Waals surface area contributed by atoms with Gasteiger partial charge >= 0.3 is 5.69 Å². The molecule has 0 saturated carbocycles. The van der Waals surface area contributed by atoms with Crippen molar-refractivity contribution in [1.29, 1.82) is 0 Å². The third-order valence-electron chi connectivity index (χ3n) is 4.33. The van der Waals surface area contributed by atoms with Gasteiger partial charge in [0.05, 0.1) is 6.54 Å². The molecule has 0 aliphatic carbocycles. The fourth-order valence-electron chi connectivity index (χ4n) is 2.90. The van der Waals surface area contributed by atoms with E-state index in [0.717, 1.165) is 4.57 Å². The van der Waals surface area contributed by atoms with E-state index in [1.54, 1.807) is 35.9 Å². The lowest BCUT2D eigenvalue weighted by atomic mass is 10.3. The monoisotopic (exact) mass is 407 g/mol. The van der Waals surface area contributed by atoms with Crippen LogP contribution in [0.4, 0.5) is 5.95 Å². The van der Waals surface area contributed by atoms with Crippen LogP contribution in [0, 0.1) is 0 Å². The quantitative estimate of drug-likeness (QED) is 0.604. The van der Waals surface area contributed by atoms with Crippen LogP contribution < -0.4 is 21.3 Å². The summed E-state index contributed by atoms with van der Waals surface area (Å²) in [5.41, 5.74) is -0.432. The van der Waals surface area contributed by atoms with Gasteiger partial charge < -0.3 is 19.7 Å². The molecule has 0 spiro atoms. The molecular formula is C18H22ClN5O4. The Labute approximate surface area is 165 Å². The molecule has 1 aromatic carbocycles. The Kier molecular flexibility index (Phi) is 5.76. The van der Waals surface area contributed by atoms with Gasteiger partial charge in [-0.2, -0.15) is 4.98 Å². The maximum atomic E-state index is 12.7. The van der Waals surface area contributed by atoms with Crippen molar-refractivity contribution in [3.63, 3.8) is 0 Å². The van der Waals surface area contributed by atoms with E-state index >= 15 is 0 Å². The first-order valence-electron chi connectivity index (χ1n) is 8.80. The van der Waals surface area contributed by atoms with Gasteiger partial charge in [0.25, 0.3) is 5.56 Å². The van der Waals surface area contributed by atoms with Gasteiger partial charge in [0, 0.05) is 25.7 Å². The number of hydrogen-bond acceptors (Lipinski definition) is 6. The summed E-state index contributed by atoms with van der Waals surface area (Å²) in [5, 5.41) is 14.1. The molecule has 2 aromatic heterocycles. The van der Waals surface area contributed by atoms with Gasteiger partial charge in [-0.25, -0.2) is 4.79 Å². The van der Waals surface area contributed by atoms with Crippen LogP contribution in [0.5, 0.6) is 5.75 Å². The first-order valence-corrected chi connectivity index (χ1v) is 9.17. The van der Waals surface area contributed by atoms with Gasteiger partial charge in [-0.3, -0.25) is 13.9 Å². The maximum absolute atomic E-state index is 12.7. The van der Waals surface area contributed by atoms with Gasteiger partial charge in [-0.15, -0.1) is 0 Å². The van der Waals surface area contributed by atoms with Gasteiger partial charge in [0.15, 0.2) is 11.2 Å². The Hall–Kier alpha value is -2.78. The third-order valence-corrected chi connectivity index (χ3v) is 4.58. The number of halogens is 1. The number of aliphatic hydroxyl groups excluding tert-OH is 1. The van der Waals surface area contributed by atoms with Gasteiger partial charge in [0.1, 0.15) is 18.5 Å². The largest absolute Gasteiger partial charge is 0.491 e. The molecule has 150 valence electrons. The Balaban J connectivity index is 1.92. The van der Waals surface area contributed by atoms with Crippen LogP contribution in [0.1, 0.15) is 6.92 Å². The average molecular weight is 408 g/mol. The summed E-state index contributed by atoms with van der Waals surface area (Å²) < 4.78 is 9.49. The highest BCUT2D eigenvalue weighted by molar-refractivity contribution is 6.30. The van der Waals surface area contributed by atoms with Crippen LogP contribution in [-0.4, -0.2) is 43.0 Å². The average Bonchev–Trinajstić information content (AvgIpc) is 3.03. The number of ether oxygens (including phenoxy) is 1. The number of nitrogens with zero attached hydrogens (tertiary/aromatic N) is 4. The number of aromatic nitrogens is 4. The smallest absolute Gasteiger partial charge is 0.332 e. The second-order valence-electron chi connectivity index (χ2n) is 6.37. The van der Waals surface area contributed by atoms with Crippen molar-refractivity contribution < 1.29 is 9.84 Å². The molecule has 0 unspecified atom stereocenters. The van der Waals surface area contributed by atoms with Crippen LogP contribution in [-0.2, 0) is 20.6 Å². The first-order chi connectivity index (χ1) is 13.3. The molecule has 0 bridgehead atoms. The summed E-state index contributed by atoms with van der Waals surface area (Å²) in [6.45, 7) is 2.54. The minimum Gasteiger partial charge on any atom is -0.491 e. The highest BCUT2D eigenvalue weighted by Crippen LogP contribution is 2.18. The predicted molar refractivity (Wildman–Crippen MR) is 107 cm³/mol. The molecule has 0 amide bonds. The van der Waals surface area contributed by atoms with E-state index in [2.05, 4.69) is 10.3 Å². The topological polar surface area (TPSA) is 103 Å². The summed E-state index contributed by atoms with van der Waals surface area (Å²) >= 11 is 5.85. The minimum absolute atomic E-state index is 0.0128. The molecule has 28 heavy (non-hydrogen) atoms. The minimum atomic E-state index is -0.910. The van der Waals surface area contributed by atoms with Crippen molar-refractivity contribution in [1.82, 2.24) is 18.7 Å². The number of nitrogens with one attached hydrogen (secondary N) is 1. The lowest BCUT2D eigenvalue weighted by Crippen LogP contribution is -2.38. The molecule has 0 radical (unpaired) electrons. The molecule has 3 rings (SSSR count). The van der Waals surface area contributed by atoms with Crippen LogP contribution in [0.25, 0.3) is 11.2 Å². The van der Waals surface area contributed by atoms with Gasteiger partial charge in [0.2, 0.25) is 5.95 Å². The van der Waals surface area contributed by atoms with Crippen LogP contribution >= 0.6 is 11.6 Å². The van der Waals surface area contributed by atoms with E-state index in [-0.39, 0.29) is 24.3 Å². The van der Waals surface area contributed by atoms with Crippen molar-refractivity contribution in [2.75, 3.05) is 18.5 Å². The molecule has 2 N–H and O–H groups in total. The molecular weight excluding hydrogens is 386 g/mol. The summed E-state index contributed by atoms with van der Waals surface area (Å²) in [6.07, 6.45) is -0.910. The molecule has 0 aliphatic heterocycles. The summed E-state index contributed by atoms with van der Waals surface area (Å²) in [4.78, 5) is 29.2. The van der Waals surface area contributed by atoms with E-state index in [0.29, 0.717) is 23.3 Å². The first kappa shape index (κ1) is 20.0. The second kappa shape index (κ2) is 8.07. The summed E-state index contributed by atoms with van der Waals surface area (Å²) in [7, 11) is 2.96. The molecule has 0 fully saturated rings. The lowest BCUT2D eigenvalue weighted by molar-refractivity contribution is 0.0938. The zero-order valence-electron chi connectivity index (χ0n) is 15.8. The molecule has 9 nitrogen and oxygen atoms in total. The van der Waals surface area contributed by atoms with Crippen LogP contribution in [0.15, 0.2) is 33.9 Å². The zero-order valence-corrected chi connectivity index (χ0v) is 16.6. The van der Waals surface area contributed by atoms with Crippen molar-refractivity contribution in [2.45, 2.75) is 19.6 Å². The van der Waals surface area contributed by atoms with Crippen LogP contribution in [0.2, 0.25) is 5.02 Å². The Morgan fingerprint density at radius 2 is 1.89 bits per heavy atom. The summed E-state index contributed by atoms with van der Waals surface area (Å²) in [6, 6.07) is 6.80. The number of fused-ring (bicyclic) bond motifs is 1. The van der Waals surface area contributed by atoms with Crippen molar-refractivity contribution in [3.8, 4) is 5.75 Å². The maximum Gasteiger partial charge on any atom is 0.332 e. The number of aliphatic hydroxyl groups is 1. The number of hydrogen-bond donors (Lipinski definition) is 2. The molecule has 10 heteroatoms.